The van der Waals surface area contributed by atoms with Crippen LogP contribution in [0.3, 0.4) is 0 Å². The molecule has 0 amide bonds. The van der Waals surface area contributed by atoms with Crippen molar-refractivity contribution in [2.75, 3.05) is 13.2 Å². The molecule has 2 aliphatic carbocycles. The molecule has 1 saturated carbocycles. The van der Waals surface area contributed by atoms with E-state index in [1.807, 2.05) is 0 Å². The molecule has 2 rings (SSSR count). The molecule has 0 aliphatic heterocycles. The molecule has 2 N–H and O–H groups in total. The fourth-order valence-electron chi connectivity index (χ4n) is 3.11. The summed E-state index contributed by atoms with van der Waals surface area (Å²) in [6, 6.07) is 0.535. The van der Waals surface area contributed by atoms with Gasteiger partial charge in [-0.2, -0.15) is 0 Å². The third kappa shape index (κ3) is 5.25. The number of nitrogens with one attached hydrogen (secondary N) is 1. The van der Waals surface area contributed by atoms with Gasteiger partial charge in [-0.1, -0.05) is 31.9 Å². The molecule has 3 heteroatoms. The number of hydrogen-bond donors (Lipinski definition) is 2. The maximum atomic E-state index is 9.99. The third-order valence-corrected chi connectivity index (χ3v) is 4.45. The lowest BCUT2D eigenvalue weighted by Gasteiger charge is -2.30. The number of aliphatic hydroxyl groups excluding tert-OH is 1. The van der Waals surface area contributed by atoms with Crippen LogP contribution in [0.5, 0.6) is 0 Å². The van der Waals surface area contributed by atoms with Crippen LogP contribution in [0.15, 0.2) is 12.2 Å². The molecule has 3 nitrogen and oxygen atoms in total. The lowest BCUT2D eigenvalue weighted by molar-refractivity contribution is -0.0456. The molecule has 110 valence electrons. The standard InChI is InChI=1S/C16H29NO2/c1-13-7-5-6-10-16(13)19-12-15(18)11-17-14-8-3-2-4-9-14/h2-3,13-18H,4-12H2,1H3. The van der Waals surface area contributed by atoms with Crippen molar-refractivity contribution in [3.63, 3.8) is 0 Å². The maximum absolute atomic E-state index is 9.99. The van der Waals surface area contributed by atoms with Crippen LogP contribution in [0.2, 0.25) is 0 Å². The van der Waals surface area contributed by atoms with Crippen LogP contribution in [-0.4, -0.2) is 36.5 Å². The van der Waals surface area contributed by atoms with E-state index in [1.54, 1.807) is 0 Å². The van der Waals surface area contributed by atoms with E-state index < -0.39 is 0 Å². The molecule has 0 aromatic heterocycles. The van der Waals surface area contributed by atoms with Crippen molar-refractivity contribution in [1.82, 2.24) is 5.32 Å². The highest BCUT2D eigenvalue weighted by Gasteiger charge is 2.22. The Balaban J connectivity index is 1.58. The van der Waals surface area contributed by atoms with Gasteiger partial charge in [-0.25, -0.2) is 0 Å². The quantitative estimate of drug-likeness (QED) is 0.727. The van der Waals surface area contributed by atoms with Crippen molar-refractivity contribution in [2.24, 2.45) is 5.92 Å². The van der Waals surface area contributed by atoms with Crippen LogP contribution in [0.25, 0.3) is 0 Å². The predicted octanol–water partition coefficient (Wildman–Crippen LogP) is 2.64. The molecule has 0 spiro atoms. The van der Waals surface area contributed by atoms with Gasteiger partial charge in [0.15, 0.2) is 0 Å². The second-order valence-corrected chi connectivity index (χ2v) is 6.18. The van der Waals surface area contributed by atoms with Gasteiger partial charge < -0.3 is 15.2 Å². The summed E-state index contributed by atoms with van der Waals surface area (Å²) >= 11 is 0. The van der Waals surface area contributed by atoms with Gasteiger partial charge in [0.25, 0.3) is 0 Å². The molecular weight excluding hydrogens is 238 g/mol. The lowest BCUT2D eigenvalue weighted by atomic mass is 9.88. The number of ether oxygens (including phenoxy) is 1. The summed E-state index contributed by atoms with van der Waals surface area (Å²) in [6.07, 6.45) is 12.9. The summed E-state index contributed by atoms with van der Waals surface area (Å²) in [6.45, 7) is 3.40. The molecule has 1 fully saturated rings. The second kappa shape index (κ2) is 8.03. The summed E-state index contributed by atoms with van der Waals surface area (Å²) in [4.78, 5) is 0. The topological polar surface area (TPSA) is 41.5 Å². The van der Waals surface area contributed by atoms with Crippen LogP contribution in [-0.2, 0) is 4.74 Å². The lowest BCUT2D eigenvalue weighted by Crippen LogP contribution is -2.39. The van der Waals surface area contributed by atoms with Crippen LogP contribution in [0.1, 0.15) is 51.9 Å². The van der Waals surface area contributed by atoms with Gasteiger partial charge in [-0.05, 0) is 38.0 Å². The van der Waals surface area contributed by atoms with E-state index >= 15 is 0 Å². The molecule has 2 aliphatic rings. The van der Waals surface area contributed by atoms with Crippen molar-refractivity contribution in [1.29, 1.82) is 0 Å². The van der Waals surface area contributed by atoms with E-state index in [0.29, 0.717) is 31.2 Å². The summed E-state index contributed by atoms with van der Waals surface area (Å²) in [5.74, 6) is 0.650. The SMILES string of the molecule is CC1CCCCC1OCC(O)CNC1CC=CCC1. The molecule has 0 aromatic rings. The predicted molar refractivity (Wildman–Crippen MR) is 78.2 cm³/mol. The summed E-state index contributed by atoms with van der Waals surface area (Å²) in [5.41, 5.74) is 0. The highest BCUT2D eigenvalue weighted by atomic mass is 16.5. The minimum absolute atomic E-state index is 0.362. The van der Waals surface area contributed by atoms with Crippen LogP contribution in [0, 0.1) is 5.92 Å². The third-order valence-electron chi connectivity index (χ3n) is 4.45. The monoisotopic (exact) mass is 267 g/mol. The van der Waals surface area contributed by atoms with Crippen molar-refractivity contribution >= 4 is 0 Å². The number of hydrogen-bond acceptors (Lipinski definition) is 3. The van der Waals surface area contributed by atoms with Gasteiger partial charge in [-0.15, -0.1) is 0 Å². The highest BCUT2D eigenvalue weighted by molar-refractivity contribution is 4.93. The highest BCUT2D eigenvalue weighted by Crippen LogP contribution is 2.26. The normalized spacial score (nSPS) is 33.3. The van der Waals surface area contributed by atoms with Crippen molar-refractivity contribution in [3.8, 4) is 0 Å². The zero-order chi connectivity index (χ0) is 13.5. The molecular formula is C16H29NO2. The Morgan fingerprint density at radius 3 is 2.84 bits per heavy atom. The van der Waals surface area contributed by atoms with Gasteiger partial charge >= 0.3 is 0 Å². The fraction of sp³-hybridized carbons (Fsp3) is 0.875. The Morgan fingerprint density at radius 1 is 1.26 bits per heavy atom. The molecule has 0 heterocycles. The molecule has 0 radical (unpaired) electrons. The van der Waals surface area contributed by atoms with Crippen LogP contribution in [0.4, 0.5) is 0 Å². The van der Waals surface area contributed by atoms with Crippen molar-refractivity contribution in [3.05, 3.63) is 12.2 Å². The minimum atomic E-state index is -0.375. The zero-order valence-electron chi connectivity index (χ0n) is 12.2. The summed E-state index contributed by atoms with van der Waals surface area (Å²) < 4.78 is 5.89. The second-order valence-electron chi connectivity index (χ2n) is 6.18. The van der Waals surface area contributed by atoms with Gasteiger partial charge in [-0.3, -0.25) is 0 Å². The van der Waals surface area contributed by atoms with Gasteiger partial charge in [0.05, 0.1) is 18.8 Å². The molecule has 19 heavy (non-hydrogen) atoms. The van der Waals surface area contributed by atoms with E-state index in [-0.39, 0.29) is 6.10 Å². The first-order chi connectivity index (χ1) is 9.25. The molecule has 4 unspecified atom stereocenters. The van der Waals surface area contributed by atoms with E-state index in [1.165, 1.54) is 25.7 Å². The van der Waals surface area contributed by atoms with Gasteiger partial charge in [0.2, 0.25) is 0 Å². The number of aliphatic hydroxyl groups is 1. The number of rotatable bonds is 6. The van der Waals surface area contributed by atoms with Gasteiger partial charge in [0, 0.05) is 12.6 Å². The molecule has 0 saturated heterocycles. The first kappa shape index (κ1) is 15.0. The maximum Gasteiger partial charge on any atom is 0.0897 e. The van der Waals surface area contributed by atoms with Crippen LogP contribution >= 0.6 is 0 Å². The first-order valence-corrected chi connectivity index (χ1v) is 7.93. The Morgan fingerprint density at radius 2 is 2.11 bits per heavy atom. The number of allylic oxidation sites excluding steroid dienone is 1. The minimum Gasteiger partial charge on any atom is -0.389 e. The average Bonchev–Trinajstić information content (AvgIpc) is 2.45. The van der Waals surface area contributed by atoms with E-state index in [4.69, 9.17) is 4.74 Å². The smallest absolute Gasteiger partial charge is 0.0897 e. The van der Waals surface area contributed by atoms with E-state index in [0.717, 1.165) is 19.3 Å². The van der Waals surface area contributed by atoms with Crippen LogP contribution < -0.4 is 5.32 Å². The summed E-state index contributed by atoms with van der Waals surface area (Å²) in [5, 5.41) is 13.4. The molecule has 4 atom stereocenters. The largest absolute Gasteiger partial charge is 0.389 e. The Hall–Kier alpha value is -0.380. The first-order valence-electron chi connectivity index (χ1n) is 7.93. The zero-order valence-corrected chi connectivity index (χ0v) is 12.2. The molecule has 0 aromatic carbocycles. The fourth-order valence-corrected chi connectivity index (χ4v) is 3.11. The van der Waals surface area contributed by atoms with E-state index in [2.05, 4.69) is 24.4 Å². The summed E-state index contributed by atoms with van der Waals surface area (Å²) in [7, 11) is 0. The molecule has 0 bridgehead atoms. The van der Waals surface area contributed by atoms with E-state index in [9.17, 15) is 5.11 Å². The van der Waals surface area contributed by atoms with Crippen molar-refractivity contribution < 1.29 is 9.84 Å². The average molecular weight is 267 g/mol. The Bertz CT molecular complexity index is 280. The Kier molecular flexibility index (Phi) is 6.35. The van der Waals surface area contributed by atoms with Gasteiger partial charge in [0.1, 0.15) is 0 Å². The Labute approximate surface area is 117 Å². The van der Waals surface area contributed by atoms with Crippen molar-refractivity contribution in [2.45, 2.75) is 70.1 Å².